The lowest BCUT2D eigenvalue weighted by atomic mass is 10.4. The van der Waals surface area contributed by atoms with E-state index in [0.29, 0.717) is 5.69 Å². The monoisotopic (exact) mass is 200 g/mol. The molecule has 0 amide bonds. The zero-order valence-electron chi connectivity index (χ0n) is 7.97. The first-order chi connectivity index (χ1) is 6.52. The summed E-state index contributed by atoms with van der Waals surface area (Å²) in [4.78, 5) is 10.1. The lowest BCUT2D eigenvalue weighted by Gasteiger charge is -2.05. The average Bonchev–Trinajstić information content (AvgIpc) is 2.43. The van der Waals surface area contributed by atoms with Crippen LogP contribution in [0.4, 0.5) is 11.5 Å². The highest BCUT2D eigenvalue weighted by atomic mass is 16.6. The molecule has 0 radical (unpaired) electrons. The van der Waals surface area contributed by atoms with E-state index in [1.54, 1.807) is 6.92 Å². The molecule has 1 heterocycles. The van der Waals surface area contributed by atoms with Gasteiger partial charge in [0, 0.05) is 6.54 Å². The van der Waals surface area contributed by atoms with Gasteiger partial charge in [0.05, 0.1) is 6.10 Å². The highest BCUT2D eigenvalue weighted by Crippen LogP contribution is 2.21. The number of hydrogen-bond acceptors (Lipinski definition) is 5. The molecule has 1 rings (SSSR count). The van der Waals surface area contributed by atoms with Crippen molar-refractivity contribution in [3.8, 4) is 0 Å². The Morgan fingerprint density at radius 3 is 3.00 bits per heavy atom. The molecule has 2 N–H and O–H groups in total. The van der Waals surface area contributed by atoms with E-state index in [1.807, 2.05) is 0 Å². The fourth-order valence-corrected chi connectivity index (χ4v) is 1.03. The van der Waals surface area contributed by atoms with Crippen LogP contribution in [-0.4, -0.2) is 32.5 Å². The fraction of sp³-hybridized carbons (Fsp3) is 0.571. The summed E-state index contributed by atoms with van der Waals surface area (Å²) in [5, 5.41) is 26.1. The van der Waals surface area contributed by atoms with E-state index in [0.717, 1.165) is 0 Å². The Kier molecular flexibility index (Phi) is 3.03. The SMILES string of the molecule is CC(O)CNc1cnn(C)c1[N+](=O)[O-]. The maximum absolute atomic E-state index is 10.6. The van der Waals surface area contributed by atoms with Gasteiger partial charge in [-0.2, -0.15) is 0 Å². The molecule has 1 unspecified atom stereocenters. The molecule has 0 aromatic carbocycles. The second-order valence-electron chi connectivity index (χ2n) is 2.99. The van der Waals surface area contributed by atoms with Crippen molar-refractivity contribution < 1.29 is 10.0 Å². The third kappa shape index (κ3) is 2.19. The predicted octanol–water partition coefficient (Wildman–Crippen LogP) is 0.121. The lowest BCUT2D eigenvalue weighted by molar-refractivity contribution is -0.391. The first-order valence-electron chi connectivity index (χ1n) is 4.10. The van der Waals surface area contributed by atoms with Crippen molar-refractivity contribution in [3.05, 3.63) is 16.3 Å². The normalized spacial score (nSPS) is 12.5. The summed E-state index contributed by atoms with van der Waals surface area (Å²) in [5.74, 6) is -0.106. The number of anilines is 1. The molecule has 7 heteroatoms. The summed E-state index contributed by atoms with van der Waals surface area (Å²) in [6.45, 7) is 1.85. The van der Waals surface area contributed by atoms with Gasteiger partial charge in [-0.05, 0) is 11.8 Å². The highest BCUT2D eigenvalue weighted by Gasteiger charge is 2.18. The molecule has 14 heavy (non-hydrogen) atoms. The van der Waals surface area contributed by atoms with Crippen LogP contribution in [0.1, 0.15) is 6.92 Å². The van der Waals surface area contributed by atoms with Crippen LogP contribution < -0.4 is 5.32 Å². The Hall–Kier alpha value is -1.63. The number of aliphatic hydroxyl groups is 1. The third-order valence-electron chi connectivity index (χ3n) is 1.67. The van der Waals surface area contributed by atoms with E-state index in [-0.39, 0.29) is 12.4 Å². The molecule has 1 aromatic rings. The van der Waals surface area contributed by atoms with Crippen LogP contribution in [0.25, 0.3) is 0 Å². The molecule has 0 aliphatic heterocycles. The van der Waals surface area contributed by atoms with E-state index in [1.165, 1.54) is 17.9 Å². The molecule has 0 spiro atoms. The quantitative estimate of drug-likeness (QED) is 0.532. The van der Waals surface area contributed by atoms with Gasteiger partial charge < -0.3 is 20.5 Å². The topological polar surface area (TPSA) is 93.2 Å². The summed E-state index contributed by atoms with van der Waals surface area (Å²) in [6, 6.07) is 0. The van der Waals surface area contributed by atoms with Crippen LogP contribution >= 0.6 is 0 Å². The summed E-state index contributed by atoms with van der Waals surface area (Å²) >= 11 is 0. The predicted molar refractivity (Wildman–Crippen MR) is 50.0 cm³/mol. The number of rotatable bonds is 4. The number of aryl methyl sites for hydroxylation is 1. The molecular formula is C7H12N4O3. The minimum absolute atomic E-state index is 0.106. The third-order valence-corrected chi connectivity index (χ3v) is 1.67. The number of nitrogens with zero attached hydrogens (tertiary/aromatic N) is 3. The van der Waals surface area contributed by atoms with Crippen molar-refractivity contribution >= 4 is 11.5 Å². The van der Waals surface area contributed by atoms with Crippen molar-refractivity contribution in [2.75, 3.05) is 11.9 Å². The molecule has 0 aliphatic carbocycles. The number of hydrogen-bond donors (Lipinski definition) is 2. The van der Waals surface area contributed by atoms with Crippen LogP contribution in [0, 0.1) is 10.1 Å². The van der Waals surface area contributed by atoms with Gasteiger partial charge in [-0.1, -0.05) is 5.10 Å². The Morgan fingerprint density at radius 2 is 2.50 bits per heavy atom. The Labute approximate surface area is 80.5 Å². The fourth-order valence-electron chi connectivity index (χ4n) is 1.03. The van der Waals surface area contributed by atoms with Crippen LogP contribution in [0.5, 0.6) is 0 Å². The average molecular weight is 200 g/mol. The zero-order chi connectivity index (χ0) is 10.7. The van der Waals surface area contributed by atoms with Gasteiger partial charge in [0.25, 0.3) is 0 Å². The van der Waals surface area contributed by atoms with Gasteiger partial charge in [-0.25, -0.2) is 0 Å². The van der Waals surface area contributed by atoms with Gasteiger partial charge in [0.2, 0.25) is 0 Å². The molecule has 1 aromatic heterocycles. The molecule has 0 fully saturated rings. The van der Waals surface area contributed by atoms with Crippen LogP contribution in [0.2, 0.25) is 0 Å². The number of nitro groups is 1. The number of aromatic nitrogens is 2. The van der Waals surface area contributed by atoms with Crippen molar-refractivity contribution in [2.45, 2.75) is 13.0 Å². The number of nitrogens with one attached hydrogen (secondary N) is 1. The number of aliphatic hydroxyl groups excluding tert-OH is 1. The van der Waals surface area contributed by atoms with Gasteiger partial charge in [0.15, 0.2) is 5.69 Å². The molecule has 0 aliphatic rings. The van der Waals surface area contributed by atoms with Crippen LogP contribution in [0.15, 0.2) is 6.20 Å². The summed E-state index contributed by atoms with van der Waals surface area (Å²) < 4.78 is 1.17. The summed E-state index contributed by atoms with van der Waals surface area (Å²) in [6.07, 6.45) is 0.801. The smallest absolute Gasteiger partial charge is 0.368 e. The van der Waals surface area contributed by atoms with Crippen LogP contribution in [-0.2, 0) is 7.05 Å². The molecule has 1 atom stereocenters. The summed E-state index contributed by atoms with van der Waals surface area (Å²) in [7, 11) is 1.49. The molecule has 0 saturated carbocycles. The summed E-state index contributed by atoms with van der Waals surface area (Å²) in [5.41, 5.74) is 0.318. The minimum atomic E-state index is -0.560. The van der Waals surface area contributed by atoms with Crippen molar-refractivity contribution in [2.24, 2.45) is 7.05 Å². The molecule has 0 bridgehead atoms. The molecule has 0 saturated heterocycles. The standard InChI is InChI=1S/C7H12N4O3/c1-5(12)3-8-6-4-9-10(2)7(6)11(13)14/h4-5,8,12H,3H2,1-2H3. The first-order valence-corrected chi connectivity index (χ1v) is 4.10. The van der Waals surface area contributed by atoms with E-state index < -0.39 is 11.0 Å². The Morgan fingerprint density at radius 1 is 1.86 bits per heavy atom. The second-order valence-corrected chi connectivity index (χ2v) is 2.99. The Bertz CT molecular complexity index is 334. The second kappa shape index (κ2) is 4.05. The minimum Gasteiger partial charge on any atom is -0.392 e. The van der Waals surface area contributed by atoms with E-state index in [4.69, 9.17) is 5.11 Å². The van der Waals surface area contributed by atoms with Gasteiger partial charge >= 0.3 is 5.82 Å². The maximum atomic E-state index is 10.6. The van der Waals surface area contributed by atoms with Crippen molar-refractivity contribution in [1.29, 1.82) is 0 Å². The highest BCUT2D eigenvalue weighted by molar-refractivity contribution is 5.56. The van der Waals surface area contributed by atoms with E-state index in [2.05, 4.69) is 10.4 Å². The van der Waals surface area contributed by atoms with Gasteiger partial charge in [-0.15, -0.1) is 4.68 Å². The molecular weight excluding hydrogens is 188 g/mol. The Balaban J connectivity index is 2.81. The van der Waals surface area contributed by atoms with E-state index in [9.17, 15) is 10.1 Å². The van der Waals surface area contributed by atoms with Crippen LogP contribution in [0.3, 0.4) is 0 Å². The van der Waals surface area contributed by atoms with Gasteiger partial charge in [-0.3, -0.25) is 0 Å². The lowest BCUT2D eigenvalue weighted by Crippen LogP contribution is -2.15. The molecule has 78 valence electrons. The van der Waals surface area contributed by atoms with Crippen molar-refractivity contribution in [1.82, 2.24) is 9.78 Å². The zero-order valence-corrected chi connectivity index (χ0v) is 7.97. The first kappa shape index (κ1) is 10.5. The largest absolute Gasteiger partial charge is 0.392 e. The molecule has 7 nitrogen and oxygen atoms in total. The maximum Gasteiger partial charge on any atom is 0.368 e. The van der Waals surface area contributed by atoms with Gasteiger partial charge in [0.1, 0.15) is 13.2 Å². The van der Waals surface area contributed by atoms with E-state index >= 15 is 0 Å². The van der Waals surface area contributed by atoms with Crippen molar-refractivity contribution in [3.63, 3.8) is 0 Å².